The summed E-state index contributed by atoms with van der Waals surface area (Å²) in [5.74, 6) is -2.11. The van der Waals surface area contributed by atoms with Crippen molar-refractivity contribution in [3.8, 4) is 0 Å². The summed E-state index contributed by atoms with van der Waals surface area (Å²) in [5, 5.41) is 6.78. The van der Waals surface area contributed by atoms with Gasteiger partial charge in [0.15, 0.2) is 0 Å². The Bertz CT molecular complexity index is 913. The lowest BCUT2D eigenvalue weighted by molar-refractivity contribution is -0.144. The molecule has 0 aliphatic carbocycles. The number of ether oxygens (including phenoxy) is 1. The van der Waals surface area contributed by atoms with Crippen LogP contribution in [0.3, 0.4) is 0 Å². The number of nitrogens with one attached hydrogen (secondary N) is 2. The highest BCUT2D eigenvalue weighted by molar-refractivity contribution is 6.31. The van der Waals surface area contributed by atoms with Gasteiger partial charge in [0.05, 0.1) is 24.5 Å². The van der Waals surface area contributed by atoms with Crippen molar-refractivity contribution < 1.29 is 19.1 Å². The summed E-state index contributed by atoms with van der Waals surface area (Å²) < 4.78 is 5.66. The van der Waals surface area contributed by atoms with Gasteiger partial charge in [0.25, 0.3) is 0 Å². The highest BCUT2D eigenvalue weighted by atomic mass is 35.5. The Labute approximate surface area is 174 Å². The molecule has 0 bridgehead atoms. The number of nitrogens with zero attached hydrogens (tertiary/aromatic N) is 1. The van der Waals surface area contributed by atoms with E-state index in [2.05, 4.69) is 10.6 Å². The Morgan fingerprint density at radius 2 is 2.07 bits per heavy atom. The largest absolute Gasteiger partial charge is 0.376 e. The molecule has 2 N–H and O–H groups in total. The minimum absolute atomic E-state index is 0.0670. The first-order valence-corrected chi connectivity index (χ1v) is 10.6. The van der Waals surface area contributed by atoms with Crippen molar-refractivity contribution in [3.05, 3.63) is 28.8 Å². The fraction of sp³-hybridized carbons (Fsp3) is 0.571. The molecule has 3 fully saturated rings. The Morgan fingerprint density at radius 3 is 2.76 bits per heavy atom. The average Bonchev–Trinajstić information content (AvgIpc) is 3.41. The summed E-state index contributed by atoms with van der Waals surface area (Å²) in [6.45, 7) is 4.91. The van der Waals surface area contributed by atoms with Gasteiger partial charge in [0, 0.05) is 28.9 Å². The van der Waals surface area contributed by atoms with Gasteiger partial charge in [0.1, 0.15) is 5.54 Å². The fourth-order valence-electron chi connectivity index (χ4n) is 5.51. The number of carbonyl (C=O) groups excluding carboxylic acids is 3. The number of rotatable bonds is 3. The van der Waals surface area contributed by atoms with Crippen LogP contribution in [0, 0.1) is 17.8 Å². The van der Waals surface area contributed by atoms with E-state index in [-0.39, 0.29) is 42.3 Å². The number of hydrogen-bond acceptors (Lipinski definition) is 5. The molecule has 5 atom stereocenters. The minimum Gasteiger partial charge on any atom is -0.376 e. The van der Waals surface area contributed by atoms with E-state index in [0.717, 1.165) is 12.8 Å². The van der Waals surface area contributed by atoms with E-state index in [1.54, 1.807) is 18.2 Å². The second kappa shape index (κ2) is 6.52. The molecule has 8 heteroatoms. The van der Waals surface area contributed by atoms with Crippen molar-refractivity contribution in [2.45, 2.75) is 44.4 Å². The van der Waals surface area contributed by atoms with E-state index in [1.165, 1.54) is 4.90 Å². The van der Waals surface area contributed by atoms with Crippen LogP contribution in [0.1, 0.15) is 32.3 Å². The molecule has 5 rings (SSSR count). The Kier molecular flexibility index (Phi) is 4.28. The highest BCUT2D eigenvalue weighted by Crippen LogP contribution is 2.54. The molecule has 0 radical (unpaired) electrons. The molecule has 4 aliphatic heterocycles. The van der Waals surface area contributed by atoms with E-state index in [9.17, 15) is 14.4 Å². The summed E-state index contributed by atoms with van der Waals surface area (Å²) in [7, 11) is 0. The predicted molar refractivity (Wildman–Crippen MR) is 106 cm³/mol. The van der Waals surface area contributed by atoms with Crippen LogP contribution in [-0.4, -0.2) is 47.9 Å². The number of hydrogen-bond donors (Lipinski definition) is 2. The third kappa shape index (κ3) is 2.54. The van der Waals surface area contributed by atoms with Gasteiger partial charge in [-0.25, -0.2) is 0 Å². The SMILES string of the molecule is CC(C)[C@@H]1N[C@@]2(C(=O)Nc3ccc(Cl)cc32)[C@H]2C(=O)N(CC3CCCO3)C(=O)[C@@H]12. The Morgan fingerprint density at radius 1 is 1.28 bits per heavy atom. The van der Waals surface area contributed by atoms with Crippen LogP contribution in [0.2, 0.25) is 5.02 Å². The zero-order valence-electron chi connectivity index (χ0n) is 16.4. The van der Waals surface area contributed by atoms with Crippen LogP contribution < -0.4 is 10.6 Å². The fourth-order valence-corrected chi connectivity index (χ4v) is 5.68. The second-order valence-corrected chi connectivity index (χ2v) is 9.23. The molecule has 1 unspecified atom stereocenters. The molecule has 4 heterocycles. The van der Waals surface area contributed by atoms with Crippen LogP contribution in [0.25, 0.3) is 0 Å². The molecular formula is C21H24ClN3O4. The van der Waals surface area contributed by atoms with Gasteiger partial charge < -0.3 is 10.1 Å². The van der Waals surface area contributed by atoms with Crippen molar-refractivity contribution in [3.63, 3.8) is 0 Å². The lowest BCUT2D eigenvalue weighted by Crippen LogP contribution is -2.54. The molecule has 0 aromatic heterocycles. The van der Waals surface area contributed by atoms with Gasteiger partial charge in [0.2, 0.25) is 17.7 Å². The van der Waals surface area contributed by atoms with Crippen molar-refractivity contribution in [1.29, 1.82) is 0 Å². The van der Waals surface area contributed by atoms with Gasteiger partial charge in [-0.05, 0) is 37.0 Å². The quantitative estimate of drug-likeness (QED) is 0.733. The molecule has 4 aliphatic rings. The van der Waals surface area contributed by atoms with Crippen molar-refractivity contribution in [2.24, 2.45) is 17.8 Å². The van der Waals surface area contributed by atoms with Crippen LogP contribution in [-0.2, 0) is 24.7 Å². The van der Waals surface area contributed by atoms with Crippen LogP contribution in [0.5, 0.6) is 0 Å². The smallest absolute Gasteiger partial charge is 0.250 e. The standard InChI is InChI=1S/C21H24ClN3O4/c1-10(2)17-15-16(19(27)25(18(15)26)9-12-4-3-7-29-12)21(24-17)13-8-11(22)5-6-14(13)23-20(21)28/h5-6,8,10,12,15-17,24H,3-4,7,9H2,1-2H3,(H,23,28)/t12?,15-,16-,17+,21-/m1/s1. The molecular weight excluding hydrogens is 394 g/mol. The Balaban J connectivity index is 1.61. The number of likely N-dealkylation sites (tertiary alicyclic amines) is 1. The van der Waals surface area contributed by atoms with Gasteiger partial charge >= 0.3 is 0 Å². The number of anilines is 1. The maximum atomic E-state index is 13.6. The van der Waals surface area contributed by atoms with Crippen LogP contribution in [0.15, 0.2) is 18.2 Å². The third-order valence-corrected chi connectivity index (χ3v) is 7.07. The molecule has 7 nitrogen and oxygen atoms in total. The summed E-state index contributed by atoms with van der Waals surface area (Å²) in [6.07, 6.45) is 1.65. The maximum absolute atomic E-state index is 13.6. The van der Waals surface area contributed by atoms with E-state index < -0.39 is 17.4 Å². The Hall–Kier alpha value is -1.96. The number of benzene rings is 1. The zero-order chi connectivity index (χ0) is 20.5. The molecule has 3 amide bonds. The van der Waals surface area contributed by atoms with Crippen LogP contribution in [0.4, 0.5) is 5.69 Å². The zero-order valence-corrected chi connectivity index (χ0v) is 17.2. The molecule has 154 valence electrons. The van der Waals surface area contributed by atoms with Crippen molar-refractivity contribution in [2.75, 3.05) is 18.5 Å². The summed E-state index contributed by atoms with van der Waals surface area (Å²) in [6, 6.07) is 4.88. The van der Waals surface area contributed by atoms with Gasteiger partial charge in [-0.15, -0.1) is 0 Å². The van der Waals surface area contributed by atoms with E-state index in [0.29, 0.717) is 22.9 Å². The minimum atomic E-state index is -1.28. The highest BCUT2D eigenvalue weighted by Gasteiger charge is 2.70. The lowest BCUT2D eigenvalue weighted by Gasteiger charge is -2.31. The molecule has 0 saturated carbocycles. The van der Waals surface area contributed by atoms with Crippen molar-refractivity contribution >= 4 is 35.0 Å². The normalized spacial score (nSPS) is 35.7. The average molecular weight is 418 g/mol. The number of imide groups is 1. The number of carbonyl (C=O) groups is 3. The predicted octanol–water partition coefficient (Wildman–Crippen LogP) is 1.90. The number of halogens is 1. The first-order valence-electron chi connectivity index (χ1n) is 10.2. The second-order valence-electron chi connectivity index (χ2n) is 8.79. The topological polar surface area (TPSA) is 87.7 Å². The summed E-state index contributed by atoms with van der Waals surface area (Å²) in [5.41, 5.74) is -0.00106. The van der Waals surface area contributed by atoms with E-state index >= 15 is 0 Å². The lowest BCUT2D eigenvalue weighted by atomic mass is 9.76. The summed E-state index contributed by atoms with van der Waals surface area (Å²) >= 11 is 6.24. The van der Waals surface area contributed by atoms with Gasteiger partial charge in [-0.3, -0.25) is 24.6 Å². The first kappa shape index (κ1) is 19.0. The third-order valence-electron chi connectivity index (χ3n) is 6.83. The van der Waals surface area contributed by atoms with Gasteiger partial charge in [-0.2, -0.15) is 0 Å². The first-order chi connectivity index (χ1) is 13.8. The van der Waals surface area contributed by atoms with E-state index in [4.69, 9.17) is 16.3 Å². The molecule has 1 spiro atoms. The van der Waals surface area contributed by atoms with Gasteiger partial charge in [-0.1, -0.05) is 25.4 Å². The molecule has 3 saturated heterocycles. The maximum Gasteiger partial charge on any atom is 0.250 e. The number of amides is 3. The molecule has 1 aromatic rings. The number of fused-ring (bicyclic) bond motifs is 4. The monoisotopic (exact) mass is 417 g/mol. The molecule has 29 heavy (non-hydrogen) atoms. The van der Waals surface area contributed by atoms with Crippen molar-refractivity contribution in [1.82, 2.24) is 10.2 Å². The molecule has 1 aromatic carbocycles. The van der Waals surface area contributed by atoms with E-state index in [1.807, 2.05) is 13.8 Å². The van der Waals surface area contributed by atoms with Crippen LogP contribution >= 0.6 is 11.6 Å². The summed E-state index contributed by atoms with van der Waals surface area (Å²) in [4.78, 5) is 41.5.